The standard InChI is InChI=1S/C9H13ClN4O3/c1-9(2,5-10)7(12-15)3-13-4-8(11-6-13)14(16)17/h4,6,15H,3,5H2,1-2H3. The highest BCUT2D eigenvalue weighted by Gasteiger charge is 2.25. The van der Waals surface area contributed by atoms with Crippen molar-refractivity contribution in [3.8, 4) is 0 Å². The molecule has 0 spiro atoms. The molecule has 1 aromatic rings. The third kappa shape index (κ3) is 3.16. The highest BCUT2D eigenvalue weighted by Crippen LogP contribution is 2.21. The molecular weight excluding hydrogens is 248 g/mol. The summed E-state index contributed by atoms with van der Waals surface area (Å²) in [6, 6.07) is 0. The number of imidazole rings is 1. The topological polar surface area (TPSA) is 93.5 Å². The highest BCUT2D eigenvalue weighted by atomic mass is 35.5. The SMILES string of the molecule is CC(C)(CCl)C(Cn1cnc([N+](=O)[O-])c1)=NO. The Hall–Kier alpha value is -1.63. The summed E-state index contributed by atoms with van der Waals surface area (Å²) in [4.78, 5) is 13.5. The first kappa shape index (κ1) is 13.4. The molecule has 7 nitrogen and oxygen atoms in total. The average molecular weight is 261 g/mol. The maximum atomic E-state index is 10.5. The zero-order valence-electron chi connectivity index (χ0n) is 9.50. The second-order valence-electron chi connectivity index (χ2n) is 4.23. The van der Waals surface area contributed by atoms with Gasteiger partial charge in [-0.25, -0.2) is 0 Å². The van der Waals surface area contributed by atoms with Crippen LogP contribution in [0.1, 0.15) is 13.8 Å². The maximum Gasteiger partial charge on any atom is 0.381 e. The molecule has 0 bridgehead atoms. The molecule has 1 heterocycles. The Bertz CT molecular complexity index is 441. The van der Waals surface area contributed by atoms with E-state index in [4.69, 9.17) is 16.8 Å². The van der Waals surface area contributed by atoms with E-state index < -0.39 is 10.3 Å². The molecule has 1 N–H and O–H groups in total. The van der Waals surface area contributed by atoms with Crippen LogP contribution in [0.4, 0.5) is 5.82 Å². The van der Waals surface area contributed by atoms with Crippen LogP contribution in [-0.2, 0) is 6.54 Å². The lowest BCUT2D eigenvalue weighted by molar-refractivity contribution is -0.389. The molecule has 0 fully saturated rings. The van der Waals surface area contributed by atoms with Crippen molar-refractivity contribution in [1.82, 2.24) is 9.55 Å². The first-order chi connectivity index (χ1) is 7.90. The van der Waals surface area contributed by atoms with Gasteiger partial charge in [-0.2, -0.15) is 0 Å². The molecule has 0 aromatic carbocycles. The van der Waals surface area contributed by atoms with Gasteiger partial charge in [-0.05, 0) is 9.91 Å². The number of aromatic nitrogens is 2. The first-order valence-corrected chi connectivity index (χ1v) is 5.37. The number of oxime groups is 1. The molecule has 17 heavy (non-hydrogen) atoms. The van der Waals surface area contributed by atoms with Crippen molar-refractivity contribution in [2.24, 2.45) is 10.6 Å². The summed E-state index contributed by atoms with van der Waals surface area (Å²) in [5.41, 5.74) is -0.0604. The van der Waals surface area contributed by atoms with Crippen LogP contribution in [-0.4, -0.2) is 31.3 Å². The van der Waals surface area contributed by atoms with Crippen molar-refractivity contribution in [3.63, 3.8) is 0 Å². The number of rotatable bonds is 5. The van der Waals surface area contributed by atoms with Crippen LogP contribution in [0, 0.1) is 15.5 Å². The third-order valence-electron chi connectivity index (χ3n) is 2.38. The van der Waals surface area contributed by atoms with E-state index in [1.165, 1.54) is 17.1 Å². The van der Waals surface area contributed by atoms with Gasteiger partial charge in [-0.3, -0.25) is 0 Å². The third-order valence-corrected chi connectivity index (χ3v) is 3.04. The lowest BCUT2D eigenvalue weighted by Crippen LogP contribution is -2.29. The van der Waals surface area contributed by atoms with Crippen molar-refractivity contribution >= 4 is 23.1 Å². The lowest BCUT2D eigenvalue weighted by atomic mass is 9.89. The zero-order chi connectivity index (χ0) is 13.1. The van der Waals surface area contributed by atoms with Crippen LogP contribution >= 0.6 is 11.6 Å². The predicted molar refractivity (Wildman–Crippen MR) is 62.6 cm³/mol. The van der Waals surface area contributed by atoms with E-state index in [2.05, 4.69) is 10.1 Å². The fourth-order valence-electron chi connectivity index (χ4n) is 1.16. The van der Waals surface area contributed by atoms with Crippen molar-refractivity contribution in [2.45, 2.75) is 20.4 Å². The van der Waals surface area contributed by atoms with Crippen molar-refractivity contribution in [1.29, 1.82) is 0 Å². The lowest BCUT2D eigenvalue weighted by Gasteiger charge is -2.22. The quantitative estimate of drug-likeness (QED) is 0.288. The molecule has 94 valence electrons. The van der Waals surface area contributed by atoms with Gasteiger partial charge >= 0.3 is 5.82 Å². The summed E-state index contributed by atoms with van der Waals surface area (Å²) < 4.78 is 1.47. The minimum Gasteiger partial charge on any atom is -0.411 e. The van der Waals surface area contributed by atoms with E-state index >= 15 is 0 Å². The number of halogens is 1. The Kier molecular flexibility index (Phi) is 4.06. The van der Waals surface area contributed by atoms with E-state index in [1.54, 1.807) is 0 Å². The zero-order valence-corrected chi connectivity index (χ0v) is 10.3. The Labute approximate surface area is 103 Å². The molecule has 1 aromatic heterocycles. The predicted octanol–water partition coefficient (Wildman–Crippen LogP) is 1.89. The van der Waals surface area contributed by atoms with Gasteiger partial charge in [0, 0.05) is 11.3 Å². The Balaban J connectivity index is 2.86. The van der Waals surface area contributed by atoms with E-state index in [9.17, 15) is 10.1 Å². The fraction of sp³-hybridized carbons (Fsp3) is 0.556. The van der Waals surface area contributed by atoms with Crippen LogP contribution in [0.2, 0.25) is 0 Å². The summed E-state index contributed by atoms with van der Waals surface area (Å²) >= 11 is 5.76. The van der Waals surface area contributed by atoms with E-state index in [0.29, 0.717) is 5.71 Å². The second kappa shape index (κ2) is 5.13. The molecule has 0 aliphatic rings. The summed E-state index contributed by atoms with van der Waals surface area (Å²) in [5, 5.41) is 22.6. The number of alkyl halides is 1. The van der Waals surface area contributed by atoms with Crippen molar-refractivity contribution < 1.29 is 10.1 Å². The van der Waals surface area contributed by atoms with Gasteiger partial charge in [0.2, 0.25) is 6.33 Å². The van der Waals surface area contributed by atoms with Crippen LogP contribution in [0.15, 0.2) is 17.7 Å². The smallest absolute Gasteiger partial charge is 0.381 e. The van der Waals surface area contributed by atoms with Crippen LogP contribution in [0.3, 0.4) is 0 Å². The number of hydrogen-bond donors (Lipinski definition) is 1. The molecule has 8 heteroatoms. The molecule has 0 amide bonds. The summed E-state index contributed by atoms with van der Waals surface area (Å²) in [5.74, 6) is 0.0365. The van der Waals surface area contributed by atoms with Gasteiger partial charge in [-0.1, -0.05) is 19.0 Å². The monoisotopic (exact) mass is 260 g/mol. The average Bonchev–Trinajstić information content (AvgIpc) is 2.74. The van der Waals surface area contributed by atoms with Crippen LogP contribution in [0.5, 0.6) is 0 Å². The molecule has 1 rings (SSSR count). The first-order valence-electron chi connectivity index (χ1n) is 4.84. The maximum absolute atomic E-state index is 10.5. The molecule has 0 aliphatic heterocycles. The Morgan fingerprint density at radius 1 is 1.76 bits per heavy atom. The van der Waals surface area contributed by atoms with Gasteiger partial charge in [0.25, 0.3) is 0 Å². The van der Waals surface area contributed by atoms with Gasteiger partial charge in [0.1, 0.15) is 6.20 Å². The van der Waals surface area contributed by atoms with E-state index in [1.807, 2.05) is 13.8 Å². The molecule has 0 radical (unpaired) electrons. The molecule has 0 unspecified atom stereocenters. The number of hydrogen-bond acceptors (Lipinski definition) is 5. The summed E-state index contributed by atoms with van der Waals surface area (Å²) in [7, 11) is 0. The van der Waals surface area contributed by atoms with E-state index in [-0.39, 0.29) is 18.2 Å². The van der Waals surface area contributed by atoms with E-state index in [0.717, 1.165) is 0 Å². The van der Waals surface area contributed by atoms with Crippen molar-refractivity contribution in [2.75, 3.05) is 5.88 Å². The minimum absolute atomic E-state index is 0.205. The summed E-state index contributed by atoms with van der Waals surface area (Å²) in [6.07, 6.45) is 2.59. The van der Waals surface area contributed by atoms with Crippen molar-refractivity contribution in [3.05, 3.63) is 22.6 Å². The fourth-order valence-corrected chi connectivity index (χ4v) is 1.31. The highest BCUT2D eigenvalue weighted by molar-refractivity contribution is 6.20. The Morgan fingerprint density at radius 3 is 2.82 bits per heavy atom. The Morgan fingerprint density at radius 2 is 2.41 bits per heavy atom. The number of nitro groups is 1. The van der Waals surface area contributed by atoms with Crippen LogP contribution < -0.4 is 0 Å². The molecule has 0 aliphatic carbocycles. The normalized spacial score (nSPS) is 12.8. The minimum atomic E-state index is -0.584. The van der Waals surface area contributed by atoms with Crippen LogP contribution in [0.25, 0.3) is 0 Å². The second-order valence-corrected chi connectivity index (χ2v) is 4.49. The number of nitrogens with zero attached hydrogens (tertiary/aromatic N) is 4. The molecule has 0 saturated carbocycles. The van der Waals surface area contributed by atoms with Gasteiger partial charge in [0.05, 0.1) is 12.3 Å². The summed E-state index contributed by atoms with van der Waals surface area (Å²) in [6.45, 7) is 3.85. The largest absolute Gasteiger partial charge is 0.411 e. The molecule has 0 saturated heterocycles. The molecule has 0 atom stereocenters. The molecular formula is C9H13ClN4O3. The van der Waals surface area contributed by atoms with Gasteiger partial charge < -0.3 is 19.9 Å². The van der Waals surface area contributed by atoms with Gasteiger partial charge in [0.15, 0.2) is 0 Å². The van der Waals surface area contributed by atoms with Gasteiger partial charge in [-0.15, -0.1) is 11.6 Å².